The van der Waals surface area contributed by atoms with Crippen LogP contribution in [0.3, 0.4) is 0 Å². The first kappa shape index (κ1) is 12.3. The molecule has 7 heteroatoms. The van der Waals surface area contributed by atoms with E-state index < -0.39 is 15.8 Å². The number of nitrogens with zero attached hydrogens (tertiary/aromatic N) is 1. The van der Waals surface area contributed by atoms with E-state index in [1.54, 1.807) is 12.1 Å². The van der Waals surface area contributed by atoms with Gasteiger partial charge in [-0.2, -0.15) is 0 Å². The zero-order valence-electron chi connectivity index (χ0n) is 9.32. The van der Waals surface area contributed by atoms with Crippen LogP contribution in [0.1, 0.15) is 10.4 Å². The van der Waals surface area contributed by atoms with Crippen molar-refractivity contribution in [2.45, 2.75) is 4.90 Å². The third-order valence-corrected chi connectivity index (χ3v) is 3.49. The molecule has 0 saturated heterocycles. The minimum atomic E-state index is -3.48. The summed E-state index contributed by atoms with van der Waals surface area (Å²) in [5.41, 5.74) is 0.0148. The van der Waals surface area contributed by atoms with Gasteiger partial charge in [0.1, 0.15) is 5.56 Å². The highest BCUT2D eigenvalue weighted by atomic mass is 32.2. The van der Waals surface area contributed by atoms with Crippen molar-refractivity contribution in [1.29, 1.82) is 0 Å². The van der Waals surface area contributed by atoms with Gasteiger partial charge in [-0.1, -0.05) is 17.3 Å². The van der Waals surface area contributed by atoms with Crippen molar-refractivity contribution >= 4 is 15.8 Å². The van der Waals surface area contributed by atoms with E-state index in [0.29, 0.717) is 0 Å². The van der Waals surface area contributed by atoms with E-state index in [1.165, 1.54) is 12.1 Å². The monoisotopic (exact) mass is 267 g/mol. The molecule has 0 atom stereocenters. The first-order valence-electron chi connectivity index (χ1n) is 4.88. The molecule has 0 fully saturated rings. The van der Waals surface area contributed by atoms with Gasteiger partial charge in [-0.25, -0.2) is 13.2 Å². The molecule has 1 aromatic heterocycles. The van der Waals surface area contributed by atoms with Gasteiger partial charge in [-0.15, -0.1) is 0 Å². The molecule has 0 radical (unpaired) electrons. The molecule has 0 amide bonds. The van der Waals surface area contributed by atoms with Crippen LogP contribution in [-0.4, -0.2) is 30.9 Å². The Hall–Kier alpha value is -2.15. The Morgan fingerprint density at radius 1 is 1.33 bits per heavy atom. The fourth-order valence-electron chi connectivity index (χ4n) is 1.56. The van der Waals surface area contributed by atoms with Crippen LogP contribution in [0.2, 0.25) is 0 Å². The summed E-state index contributed by atoms with van der Waals surface area (Å²) in [6.45, 7) is 0. The van der Waals surface area contributed by atoms with Crippen molar-refractivity contribution in [1.82, 2.24) is 5.16 Å². The van der Waals surface area contributed by atoms with Gasteiger partial charge in [0.15, 0.2) is 15.6 Å². The topological polar surface area (TPSA) is 97.5 Å². The van der Waals surface area contributed by atoms with E-state index in [4.69, 9.17) is 9.63 Å². The number of sulfone groups is 1. The number of carboxylic acid groups (broad SMARTS) is 1. The predicted molar refractivity (Wildman–Crippen MR) is 62.0 cm³/mol. The van der Waals surface area contributed by atoms with Crippen LogP contribution < -0.4 is 0 Å². The minimum Gasteiger partial charge on any atom is -0.477 e. The van der Waals surface area contributed by atoms with Gasteiger partial charge in [0.2, 0.25) is 0 Å². The zero-order chi connectivity index (χ0) is 13.3. The number of aromatic carboxylic acids is 1. The highest BCUT2D eigenvalue weighted by Crippen LogP contribution is 2.29. The first-order chi connectivity index (χ1) is 8.41. The van der Waals surface area contributed by atoms with Crippen molar-refractivity contribution in [2.24, 2.45) is 0 Å². The van der Waals surface area contributed by atoms with Crippen LogP contribution in [-0.2, 0) is 9.84 Å². The number of benzene rings is 1. The molecule has 1 heterocycles. The van der Waals surface area contributed by atoms with Crippen molar-refractivity contribution in [3.63, 3.8) is 0 Å². The Balaban J connectivity index is 2.73. The molecular formula is C11H9NO5S. The lowest BCUT2D eigenvalue weighted by molar-refractivity contribution is 0.0697. The standard InChI is InChI=1S/C11H9NO5S/c1-18(15,16)9-5-3-2-4-7(9)10-8(11(13)14)6-12-17-10/h2-6H,1H3,(H,13,14). The molecule has 0 spiro atoms. The Bertz CT molecular complexity index is 702. The van der Waals surface area contributed by atoms with Crippen molar-refractivity contribution in [3.05, 3.63) is 36.0 Å². The highest BCUT2D eigenvalue weighted by molar-refractivity contribution is 7.90. The number of aromatic nitrogens is 1. The van der Waals surface area contributed by atoms with E-state index in [9.17, 15) is 13.2 Å². The molecule has 2 aromatic rings. The molecule has 0 aliphatic rings. The molecular weight excluding hydrogens is 258 g/mol. The molecule has 18 heavy (non-hydrogen) atoms. The van der Waals surface area contributed by atoms with Crippen LogP contribution >= 0.6 is 0 Å². The van der Waals surface area contributed by atoms with E-state index in [0.717, 1.165) is 12.5 Å². The molecule has 1 N–H and O–H groups in total. The normalized spacial score (nSPS) is 11.4. The summed E-state index contributed by atoms with van der Waals surface area (Å²) < 4.78 is 28.1. The van der Waals surface area contributed by atoms with Crippen LogP contribution in [0, 0.1) is 0 Å². The molecule has 0 bridgehead atoms. The zero-order valence-corrected chi connectivity index (χ0v) is 10.1. The van der Waals surface area contributed by atoms with Gasteiger partial charge in [-0.05, 0) is 12.1 Å². The number of carboxylic acids is 1. The lowest BCUT2D eigenvalue weighted by Crippen LogP contribution is -2.02. The average molecular weight is 267 g/mol. The summed E-state index contributed by atoms with van der Waals surface area (Å²) in [5, 5.41) is 12.4. The van der Waals surface area contributed by atoms with E-state index in [2.05, 4.69) is 5.16 Å². The molecule has 0 saturated carbocycles. The molecule has 1 aromatic carbocycles. The van der Waals surface area contributed by atoms with Gasteiger partial charge >= 0.3 is 5.97 Å². The largest absolute Gasteiger partial charge is 0.477 e. The molecule has 94 valence electrons. The SMILES string of the molecule is CS(=O)(=O)c1ccccc1-c1oncc1C(=O)O. The second kappa shape index (κ2) is 4.26. The summed E-state index contributed by atoms with van der Waals surface area (Å²) in [7, 11) is -3.48. The van der Waals surface area contributed by atoms with Crippen molar-refractivity contribution < 1.29 is 22.8 Å². The Labute approximate surface area is 103 Å². The Kier molecular flexibility index (Phi) is 2.92. The van der Waals surface area contributed by atoms with Gasteiger partial charge in [0.25, 0.3) is 0 Å². The van der Waals surface area contributed by atoms with Crippen molar-refractivity contribution in [3.8, 4) is 11.3 Å². The maximum absolute atomic E-state index is 11.6. The third-order valence-electron chi connectivity index (χ3n) is 2.33. The quantitative estimate of drug-likeness (QED) is 0.903. The lowest BCUT2D eigenvalue weighted by atomic mass is 10.1. The maximum Gasteiger partial charge on any atom is 0.341 e. The molecule has 2 rings (SSSR count). The summed E-state index contributed by atoms with van der Waals surface area (Å²) in [4.78, 5) is 11.0. The van der Waals surface area contributed by atoms with Crippen LogP contribution in [0.5, 0.6) is 0 Å². The fraction of sp³-hybridized carbons (Fsp3) is 0.0909. The van der Waals surface area contributed by atoms with Crippen LogP contribution in [0.15, 0.2) is 39.9 Å². The molecule has 0 aliphatic heterocycles. The van der Waals surface area contributed by atoms with Gasteiger partial charge in [0.05, 0.1) is 11.1 Å². The molecule has 0 aliphatic carbocycles. The fourth-order valence-corrected chi connectivity index (χ4v) is 2.45. The maximum atomic E-state index is 11.6. The van der Waals surface area contributed by atoms with Gasteiger partial charge in [-0.3, -0.25) is 0 Å². The Morgan fingerprint density at radius 3 is 2.61 bits per heavy atom. The molecule has 6 nitrogen and oxygen atoms in total. The Morgan fingerprint density at radius 2 is 2.00 bits per heavy atom. The van der Waals surface area contributed by atoms with E-state index in [1.807, 2.05) is 0 Å². The van der Waals surface area contributed by atoms with E-state index >= 15 is 0 Å². The van der Waals surface area contributed by atoms with Gasteiger partial charge in [0, 0.05) is 11.8 Å². The predicted octanol–water partition coefficient (Wildman–Crippen LogP) is 1.44. The number of carbonyl (C=O) groups is 1. The highest BCUT2D eigenvalue weighted by Gasteiger charge is 2.22. The lowest BCUT2D eigenvalue weighted by Gasteiger charge is -2.04. The summed E-state index contributed by atoms with van der Waals surface area (Å²) in [5.74, 6) is -1.29. The summed E-state index contributed by atoms with van der Waals surface area (Å²) in [6, 6.07) is 6.01. The summed E-state index contributed by atoms with van der Waals surface area (Å²) in [6.07, 6.45) is 2.08. The van der Waals surface area contributed by atoms with Crippen molar-refractivity contribution in [2.75, 3.05) is 6.26 Å². The number of hydrogen-bond donors (Lipinski definition) is 1. The van der Waals surface area contributed by atoms with E-state index in [-0.39, 0.29) is 21.8 Å². The smallest absolute Gasteiger partial charge is 0.341 e. The van der Waals surface area contributed by atoms with Crippen LogP contribution in [0.4, 0.5) is 0 Å². The average Bonchev–Trinajstić information content (AvgIpc) is 2.76. The van der Waals surface area contributed by atoms with Gasteiger partial charge < -0.3 is 9.63 Å². The minimum absolute atomic E-state index is 0.00394. The molecule has 0 unspecified atom stereocenters. The summed E-state index contributed by atoms with van der Waals surface area (Å²) >= 11 is 0. The van der Waals surface area contributed by atoms with Crippen LogP contribution in [0.25, 0.3) is 11.3 Å². The second-order valence-corrected chi connectivity index (χ2v) is 5.63. The first-order valence-corrected chi connectivity index (χ1v) is 6.78. The number of hydrogen-bond acceptors (Lipinski definition) is 5. The number of rotatable bonds is 3. The third kappa shape index (κ3) is 2.12. The second-order valence-electron chi connectivity index (χ2n) is 3.64.